The van der Waals surface area contributed by atoms with Gasteiger partial charge in [0.1, 0.15) is 0 Å². The summed E-state index contributed by atoms with van der Waals surface area (Å²) in [4.78, 5) is 27.1. The summed E-state index contributed by atoms with van der Waals surface area (Å²) in [6.07, 6.45) is 0.856. The lowest BCUT2D eigenvalue weighted by molar-refractivity contribution is -0.167. The van der Waals surface area contributed by atoms with Gasteiger partial charge >= 0.3 is 21.9 Å². The third-order valence-corrected chi connectivity index (χ3v) is 6.04. The normalized spacial score (nSPS) is 14.0. The van der Waals surface area contributed by atoms with Crippen molar-refractivity contribution in [2.24, 2.45) is 4.99 Å². The topological polar surface area (TPSA) is 70.6 Å². The Kier molecular flexibility index (Phi) is 7.75. The number of nitrogens with one attached hydrogen (secondary N) is 2. The summed E-state index contributed by atoms with van der Waals surface area (Å²) >= 11 is -1.82. The first-order valence-corrected chi connectivity index (χ1v) is 12.2. The van der Waals surface area contributed by atoms with Gasteiger partial charge in [-0.25, -0.2) is 0 Å². The fourth-order valence-corrected chi connectivity index (χ4v) is 3.34. The molecule has 0 radical (unpaired) electrons. The van der Waals surface area contributed by atoms with E-state index in [9.17, 15) is 31.5 Å². The number of carbonyl (C=O) groups excluding carboxylic acids is 2. The van der Waals surface area contributed by atoms with Crippen molar-refractivity contribution in [3.05, 3.63) is 71.8 Å². The monoisotopic (exact) mass is 589 g/mol. The number of halogens is 6. The van der Waals surface area contributed by atoms with Gasteiger partial charge in [-0.05, 0) is 68.1 Å². The molecule has 5 nitrogen and oxygen atoms in total. The molecular weight excluding hydrogens is 572 g/mol. The van der Waals surface area contributed by atoms with Crippen LogP contribution in [0.25, 0.3) is 11.3 Å². The molecule has 0 saturated heterocycles. The van der Waals surface area contributed by atoms with E-state index in [1.165, 1.54) is 24.3 Å². The highest BCUT2D eigenvalue weighted by Gasteiger charge is 2.38. The zero-order valence-corrected chi connectivity index (χ0v) is 19.5. The molecule has 2 aromatic rings. The molecule has 3 rings (SSSR count). The van der Waals surface area contributed by atoms with Crippen molar-refractivity contribution in [1.82, 2.24) is 0 Å². The average molecular weight is 589 g/mol. The predicted octanol–water partition coefficient (Wildman–Crippen LogP) is 6.02. The van der Waals surface area contributed by atoms with E-state index in [1.807, 2.05) is 12.2 Å². The van der Waals surface area contributed by atoms with Gasteiger partial charge < -0.3 is 10.6 Å². The fourth-order valence-electron chi connectivity index (χ4n) is 2.86. The lowest BCUT2D eigenvalue weighted by Gasteiger charge is -2.11. The molecular formula is C23H17F5IN3O2. The third kappa shape index (κ3) is 6.43. The van der Waals surface area contributed by atoms with E-state index in [1.54, 1.807) is 35.8 Å². The Labute approximate surface area is 201 Å². The van der Waals surface area contributed by atoms with Crippen LogP contribution in [0.1, 0.15) is 17.5 Å². The predicted molar refractivity (Wildman–Crippen MR) is 131 cm³/mol. The number of amides is 2. The second-order valence-corrected chi connectivity index (χ2v) is 9.05. The standard InChI is InChI=1S/C23H17F5IN3O2/c1-29-23(27,28)21(34)32-18-9-5-14(6-10-18)16-3-2-4-19(30-13-16)15-7-11-17(12-8-15)31-20(33)22(24,25)26/h3-13H,1-2H2,(H,31,33)(H,32,34). The van der Waals surface area contributed by atoms with E-state index in [0.717, 1.165) is 11.1 Å². The Morgan fingerprint density at radius 2 is 1.35 bits per heavy atom. The zero-order valence-electron chi connectivity index (χ0n) is 17.3. The number of anilines is 2. The molecule has 2 aromatic carbocycles. The minimum Gasteiger partial charge on any atom is -0.320 e. The highest BCUT2D eigenvalue weighted by atomic mass is 127. The molecule has 2 N–H and O–H groups in total. The van der Waals surface area contributed by atoms with Gasteiger partial charge in [-0.15, -0.1) is 0 Å². The molecule has 0 unspecified atom stereocenters. The van der Waals surface area contributed by atoms with E-state index in [-0.39, 0.29) is 11.4 Å². The summed E-state index contributed by atoms with van der Waals surface area (Å²) in [6.45, 7) is 0. The van der Waals surface area contributed by atoms with Crippen molar-refractivity contribution in [1.29, 1.82) is 0 Å². The molecule has 0 aromatic heterocycles. The first kappa shape index (κ1) is 25.4. The number of aliphatic imine (C=N–C) groups is 1. The minimum absolute atomic E-state index is 0.00471. The van der Waals surface area contributed by atoms with E-state index < -0.39 is 42.7 Å². The highest BCUT2D eigenvalue weighted by Crippen LogP contribution is 2.29. The van der Waals surface area contributed by atoms with Crippen molar-refractivity contribution in [2.45, 2.75) is 16.5 Å². The Balaban J connectivity index is 1.67. The quantitative estimate of drug-likeness (QED) is 0.246. The number of nitrogens with zero attached hydrogens (tertiary/aromatic N) is 1. The van der Waals surface area contributed by atoms with Crippen LogP contribution in [0.15, 0.2) is 65.7 Å². The smallest absolute Gasteiger partial charge is 0.320 e. The van der Waals surface area contributed by atoms with Gasteiger partial charge in [0.25, 0.3) is 0 Å². The van der Waals surface area contributed by atoms with Crippen LogP contribution < -0.4 is 10.6 Å². The third-order valence-electron chi connectivity index (χ3n) is 4.59. The first-order valence-electron chi connectivity index (χ1n) is 9.62. The maximum atomic E-state index is 13.4. The minimum atomic E-state index is -4.97. The van der Waals surface area contributed by atoms with E-state index in [0.29, 0.717) is 17.7 Å². The Morgan fingerprint density at radius 3 is 1.88 bits per heavy atom. The lowest BCUT2D eigenvalue weighted by Crippen LogP contribution is -2.29. The van der Waals surface area contributed by atoms with Gasteiger partial charge in [-0.1, -0.05) is 40.9 Å². The molecule has 0 fully saturated rings. The second kappa shape index (κ2) is 10.4. The molecule has 2 amide bonds. The van der Waals surface area contributed by atoms with Crippen LogP contribution in [-0.2, 0) is 9.59 Å². The maximum Gasteiger partial charge on any atom is 0.471 e. The summed E-state index contributed by atoms with van der Waals surface area (Å²) in [5, 5.41) is 3.95. The summed E-state index contributed by atoms with van der Waals surface area (Å²) in [7, 11) is 0. The van der Waals surface area contributed by atoms with Crippen molar-refractivity contribution in [3.63, 3.8) is 0 Å². The van der Waals surface area contributed by atoms with Crippen LogP contribution in [-0.4, -0.2) is 32.6 Å². The molecule has 0 saturated carbocycles. The van der Waals surface area contributed by atoms with Crippen LogP contribution in [0.3, 0.4) is 0 Å². The molecule has 11 heteroatoms. The van der Waals surface area contributed by atoms with Crippen LogP contribution in [0.2, 0.25) is 0 Å². The van der Waals surface area contributed by atoms with Crippen molar-refractivity contribution in [3.8, 4) is 0 Å². The number of hydrogen-bond acceptors (Lipinski definition) is 3. The molecule has 0 bridgehead atoms. The average Bonchev–Trinajstić information content (AvgIpc) is 3.06. The van der Waals surface area contributed by atoms with Gasteiger partial charge in [0.2, 0.25) is 0 Å². The summed E-state index contributed by atoms with van der Waals surface area (Å²) in [6, 6.07) is 12.1. The number of allylic oxidation sites excluding steroid dienone is 3. The Morgan fingerprint density at radius 1 is 0.824 bits per heavy atom. The molecule has 0 atom stereocenters. The number of hydrogen-bond donors (Lipinski definition) is 2. The number of rotatable bonds is 6. The maximum absolute atomic E-state index is 13.4. The van der Waals surface area contributed by atoms with Gasteiger partial charge in [0.05, 0.1) is 5.70 Å². The molecule has 34 heavy (non-hydrogen) atoms. The van der Waals surface area contributed by atoms with E-state index >= 15 is 0 Å². The SMILES string of the molecule is C=IC(F)(F)C(=O)Nc1ccc(C2=CCC=C(c3ccc(NC(=O)C(F)(F)F)cc3)N=C2)cc1. The van der Waals surface area contributed by atoms with E-state index in [2.05, 4.69) is 14.8 Å². The van der Waals surface area contributed by atoms with E-state index in [4.69, 9.17) is 0 Å². The molecule has 1 aliphatic heterocycles. The van der Waals surface area contributed by atoms with Crippen molar-refractivity contribution >= 4 is 65.9 Å². The zero-order chi connectivity index (χ0) is 24.9. The molecule has 178 valence electrons. The molecule has 1 aliphatic rings. The first-order chi connectivity index (χ1) is 16.0. The summed E-state index contributed by atoms with van der Waals surface area (Å²) < 4.78 is 63.7. The number of carbonyl (C=O) groups is 2. The highest BCUT2D eigenvalue weighted by molar-refractivity contribution is 14.2. The van der Waals surface area contributed by atoms with Crippen LogP contribution in [0, 0.1) is 0 Å². The second-order valence-electron chi connectivity index (χ2n) is 6.93. The molecule has 0 spiro atoms. The largest absolute Gasteiger partial charge is 0.471 e. The lowest BCUT2D eigenvalue weighted by atomic mass is 10.1. The number of alkyl halides is 6. The van der Waals surface area contributed by atoms with Crippen molar-refractivity contribution in [2.75, 3.05) is 10.6 Å². The van der Waals surface area contributed by atoms with Gasteiger partial charge in [-0.3, -0.25) is 14.6 Å². The van der Waals surface area contributed by atoms with Crippen LogP contribution in [0.4, 0.5) is 33.3 Å². The van der Waals surface area contributed by atoms with Crippen molar-refractivity contribution < 1.29 is 31.5 Å². The van der Waals surface area contributed by atoms with Crippen LogP contribution in [0.5, 0.6) is 0 Å². The molecule has 0 aliphatic carbocycles. The molecule has 1 heterocycles. The van der Waals surface area contributed by atoms with Gasteiger partial charge in [-0.2, -0.15) is 22.0 Å². The van der Waals surface area contributed by atoms with Gasteiger partial charge in [0, 0.05) is 17.6 Å². The summed E-state index contributed by atoms with van der Waals surface area (Å²) in [5.41, 5.74) is 2.97. The van der Waals surface area contributed by atoms with Gasteiger partial charge in [0.15, 0.2) is 0 Å². The van der Waals surface area contributed by atoms with Crippen LogP contribution >= 0.6 is 20.7 Å². The summed E-state index contributed by atoms with van der Waals surface area (Å²) in [5.74, 6) is -3.43. The fraction of sp³-hybridized carbons (Fsp3) is 0.130. The Bertz CT molecular complexity index is 1180. The number of benzene rings is 2. The Hall–Kier alpha value is -3.22.